The van der Waals surface area contributed by atoms with Gasteiger partial charge < -0.3 is 10.2 Å². The molecule has 2 saturated heterocycles. The Hall–Kier alpha value is -2.04. The molecule has 1 aromatic carbocycles. The molecule has 3 rings (SSSR count). The summed E-state index contributed by atoms with van der Waals surface area (Å²) in [5.41, 5.74) is 0. The normalized spacial score (nSPS) is 20.3. The highest BCUT2D eigenvalue weighted by Gasteiger charge is 2.32. The quantitative estimate of drug-likeness (QED) is 0.501. The van der Waals surface area contributed by atoms with Gasteiger partial charge in [0.25, 0.3) is 0 Å². The number of carbonyl (C=O) groups excluding carboxylic acids is 2. The van der Waals surface area contributed by atoms with Gasteiger partial charge in [0, 0.05) is 39.3 Å². The summed E-state index contributed by atoms with van der Waals surface area (Å²) in [6, 6.07) is 4.98. The summed E-state index contributed by atoms with van der Waals surface area (Å²) >= 11 is 0. The molecule has 1 unspecified atom stereocenters. The SMILES string of the molecule is CCCCCCNC(=O)C1CCCN(CC(=O)N2CCN(S(=O)(=O)c3cccc(F)c3)CC2)C1. The summed E-state index contributed by atoms with van der Waals surface area (Å²) in [6.07, 6.45) is 6.18. The summed E-state index contributed by atoms with van der Waals surface area (Å²) in [5.74, 6) is -0.672. The van der Waals surface area contributed by atoms with E-state index in [9.17, 15) is 22.4 Å². The van der Waals surface area contributed by atoms with Crippen molar-refractivity contribution in [2.75, 3.05) is 52.4 Å². The van der Waals surface area contributed by atoms with Crippen molar-refractivity contribution in [3.63, 3.8) is 0 Å². The maximum atomic E-state index is 13.5. The van der Waals surface area contributed by atoms with E-state index in [0.717, 1.165) is 44.7 Å². The van der Waals surface area contributed by atoms with Crippen LogP contribution in [-0.4, -0.2) is 86.7 Å². The molecule has 2 fully saturated rings. The highest BCUT2D eigenvalue weighted by molar-refractivity contribution is 7.89. The molecule has 0 radical (unpaired) electrons. The number of benzene rings is 1. The summed E-state index contributed by atoms with van der Waals surface area (Å²) < 4.78 is 40.3. The largest absolute Gasteiger partial charge is 0.356 e. The van der Waals surface area contributed by atoms with Gasteiger partial charge in [-0.1, -0.05) is 32.3 Å². The van der Waals surface area contributed by atoms with Gasteiger partial charge in [-0.3, -0.25) is 14.5 Å². The summed E-state index contributed by atoms with van der Waals surface area (Å²) in [4.78, 5) is 29.0. The van der Waals surface area contributed by atoms with E-state index in [4.69, 9.17) is 0 Å². The average Bonchev–Trinajstić information content (AvgIpc) is 2.84. The van der Waals surface area contributed by atoms with Crippen molar-refractivity contribution in [1.82, 2.24) is 19.4 Å². The number of carbonyl (C=O) groups is 2. The zero-order chi connectivity index (χ0) is 24.6. The number of piperazine rings is 1. The standard InChI is InChI=1S/C24H37FN4O4S/c1-2-3-4-5-11-26-24(31)20-8-7-12-27(18-20)19-23(30)28-13-15-29(16-14-28)34(32,33)22-10-6-9-21(25)17-22/h6,9-10,17,20H,2-5,7-8,11-16,18-19H2,1H3,(H,26,31). The van der Waals surface area contributed by atoms with E-state index in [2.05, 4.69) is 12.2 Å². The van der Waals surface area contributed by atoms with Crippen molar-refractivity contribution < 1.29 is 22.4 Å². The number of sulfonamides is 1. The first-order chi connectivity index (χ1) is 16.3. The molecule has 1 N–H and O–H groups in total. The molecule has 0 aliphatic carbocycles. The van der Waals surface area contributed by atoms with Gasteiger partial charge in [-0.25, -0.2) is 12.8 Å². The Labute approximate surface area is 202 Å². The smallest absolute Gasteiger partial charge is 0.243 e. The summed E-state index contributed by atoms with van der Waals surface area (Å²) in [5, 5.41) is 3.04. The summed E-state index contributed by atoms with van der Waals surface area (Å²) in [6.45, 7) is 5.38. The first kappa shape index (κ1) is 26.6. The first-order valence-corrected chi connectivity index (χ1v) is 13.8. The zero-order valence-corrected chi connectivity index (χ0v) is 20.9. The Morgan fingerprint density at radius 3 is 2.56 bits per heavy atom. The Kier molecular flexibility index (Phi) is 9.85. The third-order valence-corrected chi connectivity index (χ3v) is 8.48. The van der Waals surface area contributed by atoms with Crippen LogP contribution in [0.4, 0.5) is 4.39 Å². The molecule has 2 heterocycles. The lowest BCUT2D eigenvalue weighted by Gasteiger charge is -2.36. The maximum Gasteiger partial charge on any atom is 0.243 e. The van der Waals surface area contributed by atoms with Crippen molar-refractivity contribution in [1.29, 1.82) is 0 Å². The third kappa shape index (κ3) is 7.23. The van der Waals surface area contributed by atoms with Crippen LogP contribution in [0.15, 0.2) is 29.2 Å². The number of hydrogen-bond acceptors (Lipinski definition) is 5. The van der Waals surface area contributed by atoms with Crippen LogP contribution in [0.2, 0.25) is 0 Å². The highest BCUT2D eigenvalue weighted by atomic mass is 32.2. The molecule has 8 nitrogen and oxygen atoms in total. The fraction of sp³-hybridized carbons (Fsp3) is 0.667. The van der Waals surface area contributed by atoms with Crippen LogP contribution in [0.5, 0.6) is 0 Å². The Morgan fingerprint density at radius 2 is 1.85 bits per heavy atom. The molecule has 10 heteroatoms. The van der Waals surface area contributed by atoms with Gasteiger partial charge in [-0.05, 0) is 44.0 Å². The van der Waals surface area contributed by atoms with Gasteiger partial charge in [-0.2, -0.15) is 4.31 Å². The number of rotatable bonds is 10. The maximum absolute atomic E-state index is 13.5. The number of halogens is 1. The number of nitrogens with zero attached hydrogens (tertiary/aromatic N) is 3. The Balaban J connectivity index is 1.44. The van der Waals surface area contributed by atoms with E-state index in [1.807, 2.05) is 4.90 Å². The molecule has 1 atom stereocenters. The minimum Gasteiger partial charge on any atom is -0.356 e. The van der Waals surface area contributed by atoms with Crippen molar-refractivity contribution in [3.8, 4) is 0 Å². The molecule has 1 aromatic rings. The lowest BCUT2D eigenvalue weighted by Crippen LogP contribution is -2.53. The molecular weight excluding hydrogens is 459 g/mol. The molecule has 0 bridgehead atoms. The lowest BCUT2D eigenvalue weighted by molar-refractivity contribution is -0.135. The third-order valence-electron chi connectivity index (χ3n) is 6.59. The number of nitrogens with one attached hydrogen (secondary N) is 1. The van der Waals surface area contributed by atoms with Gasteiger partial charge in [0.1, 0.15) is 5.82 Å². The molecule has 0 spiro atoms. The predicted octanol–water partition coefficient (Wildman–Crippen LogP) is 2.07. The summed E-state index contributed by atoms with van der Waals surface area (Å²) in [7, 11) is -3.79. The van der Waals surface area contributed by atoms with E-state index in [0.29, 0.717) is 26.2 Å². The molecule has 0 aromatic heterocycles. The molecule has 0 saturated carbocycles. The van der Waals surface area contributed by atoms with Gasteiger partial charge in [0.15, 0.2) is 0 Å². The minimum absolute atomic E-state index is 0.0524. The van der Waals surface area contributed by atoms with Crippen LogP contribution < -0.4 is 5.32 Å². The second-order valence-electron chi connectivity index (χ2n) is 9.17. The number of likely N-dealkylation sites (tertiary alicyclic amines) is 1. The van der Waals surface area contributed by atoms with E-state index in [1.54, 1.807) is 4.90 Å². The van der Waals surface area contributed by atoms with Crippen LogP contribution in [0.25, 0.3) is 0 Å². The Morgan fingerprint density at radius 1 is 1.09 bits per heavy atom. The fourth-order valence-electron chi connectivity index (χ4n) is 4.57. The monoisotopic (exact) mass is 496 g/mol. The second-order valence-corrected chi connectivity index (χ2v) is 11.1. The van der Waals surface area contributed by atoms with Crippen LogP contribution in [0.3, 0.4) is 0 Å². The van der Waals surface area contributed by atoms with Gasteiger partial charge >= 0.3 is 0 Å². The molecule has 2 amide bonds. The van der Waals surface area contributed by atoms with Gasteiger partial charge in [0.05, 0.1) is 17.4 Å². The average molecular weight is 497 g/mol. The zero-order valence-electron chi connectivity index (χ0n) is 20.0. The van der Waals surface area contributed by atoms with Crippen LogP contribution in [0, 0.1) is 11.7 Å². The van der Waals surface area contributed by atoms with Crippen molar-refractivity contribution in [2.45, 2.75) is 50.3 Å². The van der Waals surface area contributed by atoms with Crippen molar-refractivity contribution in [2.24, 2.45) is 5.92 Å². The fourth-order valence-corrected chi connectivity index (χ4v) is 6.02. The number of hydrogen-bond donors (Lipinski definition) is 1. The molecule has 2 aliphatic heterocycles. The first-order valence-electron chi connectivity index (χ1n) is 12.3. The molecular formula is C24H37FN4O4S. The van der Waals surface area contributed by atoms with Crippen molar-refractivity contribution >= 4 is 21.8 Å². The Bertz CT molecular complexity index is 935. The minimum atomic E-state index is -3.79. The highest BCUT2D eigenvalue weighted by Crippen LogP contribution is 2.20. The molecule has 190 valence electrons. The number of piperidine rings is 1. The van der Waals surface area contributed by atoms with Gasteiger partial charge in [-0.15, -0.1) is 0 Å². The van der Waals surface area contributed by atoms with E-state index in [1.165, 1.54) is 28.9 Å². The molecule has 2 aliphatic rings. The predicted molar refractivity (Wildman–Crippen MR) is 128 cm³/mol. The van der Waals surface area contributed by atoms with E-state index in [-0.39, 0.29) is 42.3 Å². The van der Waals surface area contributed by atoms with Crippen LogP contribution in [0.1, 0.15) is 45.4 Å². The van der Waals surface area contributed by atoms with Crippen molar-refractivity contribution in [3.05, 3.63) is 30.1 Å². The topological polar surface area (TPSA) is 90.0 Å². The van der Waals surface area contributed by atoms with Gasteiger partial charge in [0.2, 0.25) is 21.8 Å². The van der Waals surface area contributed by atoms with E-state index < -0.39 is 15.8 Å². The second kappa shape index (κ2) is 12.6. The van der Waals surface area contributed by atoms with Crippen LogP contribution in [-0.2, 0) is 19.6 Å². The number of unbranched alkanes of at least 4 members (excludes halogenated alkanes) is 3. The number of amides is 2. The van der Waals surface area contributed by atoms with Crippen LogP contribution >= 0.6 is 0 Å². The molecule has 34 heavy (non-hydrogen) atoms. The van der Waals surface area contributed by atoms with E-state index >= 15 is 0 Å². The lowest BCUT2D eigenvalue weighted by atomic mass is 9.97.